The van der Waals surface area contributed by atoms with Crippen molar-refractivity contribution in [3.05, 3.63) is 30.1 Å². The zero-order chi connectivity index (χ0) is 12.0. The average molecular weight is 226 g/mol. The number of hydrogen-bond acceptors (Lipinski definition) is 3. The lowest BCUT2D eigenvalue weighted by Crippen LogP contribution is -2.36. The number of aliphatic hydroxyl groups excluding tert-OH is 1. The van der Waals surface area contributed by atoms with Gasteiger partial charge in [0.25, 0.3) is 0 Å². The average Bonchev–Trinajstić information content (AvgIpc) is 2.26. The van der Waals surface area contributed by atoms with Crippen LogP contribution in [-0.4, -0.2) is 30.2 Å². The number of halogens is 1. The zero-order valence-electron chi connectivity index (χ0n) is 9.03. The third-order valence-electron chi connectivity index (χ3n) is 1.99. The number of rotatable bonds is 5. The summed E-state index contributed by atoms with van der Waals surface area (Å²) in [5.74, 6) is -0.666. The first-order valence-corrected chi connectivity index (χ1v) is 5.01. The van der Waals surface area contributed by atoms with Gasteiger partial charge in [-0.25, -0.2) is 4.39 Å². The van der Waals surface area contributed by atoms with Gasteiger partial charge in [0, 0.05) is 11.7 Å². The van der Waals surface area contributed by atoms with Crippen LogP contribution in [0.5, 0.6) is 0 Å². The molecule has 0 heterocycles. The Hall–Kier alpha value is -1.46. The smallest absolute Gasteiger partial charge is 0.238 e. The lowest BCUT2D eigenvalue weighted by Gasteiger charge is -2.10. The summed E-state index contributed by atoms with van der Waals surface area (Å²) in [4.78, 5) is 11.4. The second-order valence-electron chi connectivity index (χ2n) is 3.52. The highest BCUT2D eigenvalue weighted by atomic mass is 19.1. The maximum Gasteiger partial charge on any atom is 0.238 e. The van der Waals surface area contributed by atoms with Gasteiger partial charge in [-0.2, -0.15) is 0 Å². The fourth-order valence-electron chi connectivity index (χ4n) is 1.10. The van der Waals surface area contributed by atoms with Crippen molar-refractivity contribution < 1.29 is 14.3 Å². The van der Waals surface area contributed by atoms with Gasteiger partial charge in [-0.3, -0.25) is 4.79 Å². The van der Waals surface area contributed by atoms with Gasteiger partial charge in [0.15, 0.2) is 0 Å². The Bertz CT molecular complexity index is 358. The van der Waals surface area contributed by atoms with E-state index in [-0.39, 0.29) is 25.1 Å². The van der Waals surface area contributed by atoms with Gasteiger partial charge in [-0.15, -0.1) is 0 Å². The fraction of sp³-hybridized carbons (Fsp3) is 0.364. The Balaban J connectivity index is 2.40. The number of anilines is 1. The van der Waals surface area contributed by atoms with Crippen molar-refractivity contribution in [3.8, 4) is 0 Å². The number of nitrogens with one attached hydrogen (secondary N) is 2. The number of aliphatic hydroxyl groups is 1. The van der Waals surface area contributed by atoms with Crippen LogP contribution in [0.2, 0.25) is 0 Å². The third kappa shape index (κ3) is 4.37. The Kier molecular flexibility index (Phi) is 4.88. The summed E-state index contributed by atoms with van der Waals surface area (Å²) in [6.07, 6.45) is 0. The number of amides is 1. The predicted octanol–water partition coefficient (Wildman–Crippen LogP) is 0.735. The fourth-order valence-corrected chi connectivity index (χ4v) is 1.10. The topological polar surface area (TPSA) is 61.4 Å². The van der Waals surface area contributed by atoms with Crippen LogP contribution in [0.1, 0.15) is 6.92 Å². The highest BCUT2D eigenvalue weighted by molar-refractivity contribution is 5.92. The molecule has 0 aliphatic rings. The van der Waals surface area contributed by atoms with Crippen molar-refractivity contribution >= 4 is 11.6 Å². The lowest BCUT2D eigenvalue weighted by molar-refractivity contribution is -0.115. The molecule has 0 saturated heterocycles. The van der Waals surface area contributed by atoms with Gasteiger partial charge in [-0.1, -0.05) is 6.07 Å². The molecule has 3 N–H and O–H groups in total. The van der Waals surface area contributed by atoms with Crippen LogP contribution in [0, 0.1) is 5.82 Å². The summed E-state index contributed by atoms with van der Waals surface area (Å²) in [5, 5.41) is 14.1. The Labute approximate surface area is 93.5 Å². The zero-order valence-corrected chi connectivity index (χ0v) is 9.03. The summed E-state index contributed by atoms with van der Waals surface area (Å²) in [6.45, 7) is 1.81. The molecule has 0 aliphatic carbocycles. The second kappa shape index (κ2) is 6.19. The standard InChI is InChI=1S/C11H15FN2O2/c1-8(7-15)13-6-11(16)14-10-4-2-3-9(12)5-10/h2-5,8,13,15H,6-7H2,1H3,(H,14,16). The van der Waals surface area contributed by atoms with Crippen molar-refractivity contribution in [2.75, 3.05) is 18.5 Å². The Morgan fingerprint density at radius 3 is 2.94 bits per heavy atom. The Morgan fingerprint density at radius 1 is 1.56 bits per heavy atom. The monoisotopic (exact) mass is 226 g/mol. The van der Waals surface area contributed by atoms with Gasteiger partial charge < -0.3 is 15.7 Å². The summed E-state index contributed by atoms with van der Waals surface area (Å²) < 4.78 is 12.8. The van der Waals surface area contributed by atoms with Crippen LogP contribution in [0.15, 0.2) is 24.3 Å². The molecule has 0 saturated carbocycles. The minimum atomic E-state index is -0.394. The number of carbonyl (C=O) groups excluding carboxylic acids is 1. The predicted molar refractivity (Wildman–Crippen MR) is 59.6 cm³/mol. The lowest BCUT2D eigenvalue weighted by atomic mass is 10.3. The highest BCUT2D eigenvalue weighted by Crippen LogP contribution is 2.08. The molecule has 1 atom stereocenters. The van der Waals surface area contributed by atoms with E-state index in [1.54, 1.807) is 13.0 Å². The second-order valence-corrected chi connectivity index (χ2v) is 3.52. The molecule has 4 nitrogen and oxygen atoms in total. The molecule has 16 heavy (non-hydrogen) atoms. The summed E-state index contributed by atoms with van der Waals surface area (Å²) in [5.41, 5.74) is 0.420. The molecule has 1 aromatic rings. The summed E-state index contributed by atoms with van der Waals surface area (Å²) in [7, 11) is 0. The van der Waals surface area contributed by atoms with Crippen LogP contribution >= 0.6 is 0 Å². The molecule has 0 fully saturated rings. The third-order valence-corrected chi connectivity index (χ3v) is 1.99. The van der Waals surface area contributed by atoms with Gasteiger partial charge in [0.05, 0.1) is 13.2 Å². The van der Waals surface area contributed by atoms with Crippen LogP contribution < -0.4 is 10.6 Å². The largest absolute Gasteiger partial charge is 0.395 e. The summed E-state index contributed by atoms with van der Waals surface area (Å²) >= 11 is 0. The minimum absolute atomic E-state index is 0.0345. The van der Waals surface area contributed by atoms with E-state index in [1.165, 1.54) is 18.2 Å². The molecule has 0 radical (unpaired) electrons. The van der Waals surface area contributed by atoms with E-state index in [9.17, 15) is 9.18 Å². The van der Waals surface area contributed by atoms with Crippen molar-refractivity contribution in [3.63, 3.8) is 0 Å². The first kappa shape index (κ1) is 12.6. The molecule has 1 unspecified atom stereocenters. The molecule has 88 valence electrons. The van der Waals surface area contributed by atoms with Crippen LogP contribution in [0.25, 0.3) is 0 Å². The quantitative estimate of drug-likeness (QED) is 0.693. The van der Waals surface area contributed by atoms with Crippen molar-refractivity contribution in [2.45, 2.75) is 13.0 Å². The van der Waals surface area contributed by atoms with Gasteiger partial charge >= 0.3 is 0 Å². The van der Waals surface area contributed by atoms with E-state index >= 15 is 0 Å². The van der Waals surface area contributed by atoms with Gasteiger partial charge in [-0.05, 0) is 25.1 Å². The SMILES string of the molecule is CC(CO)NCC(=O)Nc1cccc(F)c1. The van der Waals surface area contributed by atoms with E-state index in [1.807, 2.05) is 0 Å². The molecular weight excluding hydrogens is 211 g/mol. The molecule has 5 heteroatoms. The molecule has 0 spiro atoms. The molecule has 1 rings (SSSR count). The van der Waals surface area contributed by atoms with Gasteiger partial charge in [0.2, 0.25) is 5.91 Å². The van der Waals surface area contributed by atoms with E-state index < -0.39 is 5.82 Å². The van der Waals surface area contributed by atoms with Crippen LogP contribution in [-0.2, 0) is 4.79 Å². The maximum absolute atomic E-state index is 12.8. The highest BCUT2D eigenvalue weighted by Gasteiger charge is 2.05. The molecule has 1 aromatic carbocycles. The van der Waals surface area contributed by atoms with Crippen molar-refractivity contribution in [2.24, 2.45) is 0 Å². The molecular formula is C11H15FN2O2. The number of benzene rings is 1. The normalized spacial score (nSPS) is 12.2. The van der Waals surface area contributed by atoms with Crippen LogP contribution in [0.4, 0.5) is 10.1 Å². The summed E-state index contributed by atoms with van der Waals surface area (Å²) in [6, 6.07) is 5.54. The van der Waals surface area contributed by atoms with E-state index in [2.05, 4.69) is 10.6 Å². The first-order valence-electron chi connectivity index (χ1n) is 5.01. The Morgan fingerprint density at radius 2 is 2.31 bits per heavy atom. The number of carbonyl (C=O) groups is 1. The van der Waals surface area contributed by atoms with Crippen LogP contribution in [0.3, 0.4) is 0 Å². The van der Waals surface area contributed by atoms with Gasteiger partial charge in [0.1, 0.15) is 5.82 Å². The molecule has 0 bridgehead atoms. The van der Waals surface area contributed by atoms with E-state index in [4.69, 9.17) is 5.11 Å². The molecule has 0 aromatic heterocycles. The maximum atomic E-state index is 12.8. The van der Waals surface area contributed by atoms with Crippen molar-refractivity contribution in [1.29, 1.82) is 0 Å². The first-order chi connectivity index (χ1) is 7.61. The van der Waals surface area contributed by atoms with E-state index in [0.29, 0.717) is 5.69 Å². The minimum Gasteiger partial charge on any atom is -0.395 e. The van der Waals surface area contributed by atoms with Crippen molar-refractivity contribution in [1.82, 2.24) is 5.32 Å². The molecule has 1 amide bonds. The number of hydrogen-bond donors (Lipinski definition) is 3. The molecule has 0 aliphatic heterocycles. The van der Waals surface area contributed by atoms with E-state index in [0.717, 1.165) is 0 Å².